The molecule has 126 valence electrons. The predicted molar refractivity (Wildman–Crippen MR) is 96.9 cm³/mol. The number of carbonyl (C=O) groups excluding carboxylic acids is 1. The van der Waals surface area contributed by atoms with Crippen LogP contribution in [0.25, 0.3) is 10.2 Å². The first kappa shape index (κ1) is 18.1. The monoisotopic (exact) mass is 364 g/mol. The molecule has 1 atom stereocenters. The van der Waals surface area contributed by atoms with Crippen molar-refractivity contribution in [3.8, 4) is 0 Å². The number of hydrogen-bond acceptors (Lipinski definition) is 7. The summed E-state index contributed by atoms with van der Waals surface area (Å²) in [5.74, 6) is -0.0327. The Morgan fingerprint density at radius 3 is 2.92 bits per heavy atom. The highest BCUT2D eigenvalue weighted by Gasteiger charge is 2.18. The average Bonchev–Trinajstić information content (AvgIpc) is 3.03. The van der Waals surface area contributed by atoms with Crippen LogP contribution in [0, 0.1) is 0 Å². The van der Waals surface area contributed by atoms with Crippen LogP contribution in [-0.4, -0.2) is 27.5 Å². The first-order chi connectivity index (χ1) is 11.2. The minimum atomic E-state index is -0.431. The van der Waals surface area contributed by atoms with Gasteiger partial charge in [-0.25, -0.2) is 14.8 Å². The maximum absolute atomic E-state index is 12.1. The third-order valence-electron chi connectivity index (χ3n) is 3.30. The smallest absolute Gasteiger partial charge is 0.358 e. The van der Waals surface area contributed by atoms with Crippen molar-refractivity contribution in [1.82, 2.24) is 15.0 Å². The molecule has 0 amide bonds. The van der Waals surface area contributed by atoms with Gasteiger partial charge in [-0.1, -0.05) is 6.07 Å². The fourth-order valence-corrected chi connectivity index (χ4v) is 2.98. The van der Waals surface area contributed by atoms with E-state index < -0.39 is 5.97 Å². The lowest BCUT2D eigenvalue weighted by Crippen LogP contribution is -2.13. The van der Waals surface area contributed by atoms with Gasteiger partial charge in [-0.05, 0) is 36.9 Å². The van der Waals surface area contributed by atoms with E-state index in [1.165, 1.54) is 11.3 Å². The highest BCUT2D eigenvalue weighted by atomic mass is 35.5. The van der Waals surface area contributed by atoms with Crippen LogP contribution in [0.5, 0.6) is 0 Å². The molecular formula is C16H17ClN4O2S. The molecule has 0 aliphatic rings. The molecule has 0 fully saturated rings. The van der Waals surface area contributed by atoms with Crippen LogP contribution in [0.1, 0.15) is 35.9 Å². The quantitative estimate of drug-likeness (QED) is 0.693. The summed E-state index contributed by atoms with van der Waals surface area (Å²) in [4.78, 5) is 25.0. The van der Waals surface area contributed by atoms with Crippen LogP contribution in [0.2, 0.25) is 0 Å². The molecule has 1 N–H and O–H groups in total. The zero-order valence-corrected chi connectivity index (χ0v) is 14.9. The van der Waals surface area contributed by atoms with Crippen LogP contribution in [0.3, 0.4) is 0 Å². The Balaban J connectivity index is 0.00000208. The summed E-state index contributed by atoms with van der Waals surface area (Å²) in [5.41, 5.74) is 2.04. The lowest BCUT2D eigenvalue weighted by atomic mass is 10.1. The summed E-state index contributed by atoms with van der Waals surface area (Å²) in [6.45, 7) is 4.07. The van der Waals surface area contributed by atoms with Gasteiger partial charge in [0.05, 0.1) is 22.9 Å². The second-order valence-corrected chi connectivity index (χ2v) is 5.82. The molecule has 8 heteroatoms. The summed E-state index contributed by atoms with van der Waals surface area (Å²) >= 11 is 1.43. The van der Waals surface area contributed by atoms with Gasteiger partial charge in [0.25, 0.3) is 0 Å². The number of hydrogen-bond donors (Lipinski definition) is 1. The van der Waals surface area contributed by atoms with E-state index in [9.17, 15) is 4.79 Å². The SMILES string of the molecule is CCOC(=O)c1nc(NC(C)c2cccnc2)nc2ccsc12.Cl. The van der Waals surface area contributed by atoms with E-state index in [1.807, 2.05) is 30.5 Å². The third-order valence-corrected chi connectivity index (χ3v) is 4.21. The number of nitrogens with zero attached hydrogens (tertiary/aromatic N) is 3. The average molecular weight is 365 g/mol. The van der Waals surface area contributed by atoms with Gasteiger partial charge in [-0.3, -0.25) is 4.98 Å². The molecule has 1 unspecified atom stereocenters. The van der Waals surface area contributed by atoms with Crippen molar-refractivity contribution in [2.75, 3.05) is 11.9 Å². The van der Waals surface area contributed by atoms with Gasteiger partial charge < -0.3 is 10.1 Å². The first-order valence-electron chi connectivity index (χ1n) is 7.28. The maximum atomic E-state index is 12.1. The minimum absolute atomic E-state index is 0. The van der Waals surface area contributed by atoms with E-state index >= 15 is 0 Å². The molecule has 3 aromatic heterocycles. The number of pyridine rings is 1. The number of fused-ring (bicyclic) bond motifs is 1. The van der Waals surface area contributed by atoms with Crippen LogP contribution in [-0.2, 0) is 4.74 Å². The van der Waals surface area contributed by atoms with Crippen molar-refractivity contribution in [2.45, 2.75) is 19.9 Å². The molecule has 6 nitrogen and oxygen atoms in total. The normalized spacial score (nSPS) is 11.6. The number of carbonyl (C=O) groups is 1. The number of thiophene rings is 1. The maximum Gasteiger partial charge on any atom is 0.358 e. The molecule has 0 aliphatic heterocycles. The Kier molecular flexibility index (Phi) is 6.05. The number of ether oxygens (including phenoxy) is 1. The number of anilines is 1. The van der Waals surface area contributed by atoms with Crippen LogP contribution >= 0.6 is 23.7 Å². The zero-order valence-electron chi connectivity index (χ0n) is 13.2. The minimum Gasteiger partial charge on any atom is -0.461 e. The van der Waals surface area contributed by atoms with E-state index in [4.69, 9.17) is 4.74 Å². The lowest BCUT2D eigenvalue weighted by Gasteiger charge is -2.14. The van der Waals surface area contributed by atoms with Crippen LogP contribution < -0.4 is 5.32 Å². The molecule has 3 aromatic rings. The molecule has 24 heavy (non-hydrogen) atoms. The molecule has 0 spiro atoms. The fraction of sp³-hybridized carbons (Fsp3) is 0.250. The van der Waals surface area contributed by atoms with Gasteiger partial charge >= 0.3 is 5.97 Å². The van der Waals surface area contributed by atoms with Gasteiger partial charge in [-0.15, -0.1) is 23.7 Å². The number of halogens is 1. The van der Waals surface area contributed by atoms with Gasteiger partial charge in [0.15, 0.2) is 5.69 Å². The van der Waals surface area contributed by atoms with Crippen molar-refractivity contribution in [3.63, 3.8) is 0 Å². The van der Waals surface area contributed by atoms with Gasteiger partial charge in [0.1, 0.15) is 0 Å². The van der Waals surface area contributed by atoms with E-state index in [0.717, 1.165) is 15.8 Å². The third kappa shape index (κ3) is 3.80. The standard InChI is InChI=1S/C16H16N4O2S.ClH/c1-3-22-15(21)13-14-12(6-8-23-14)19-16(20-13)18-10(2)11-5-4-7-17-9-11;/h4-10H,3H2,1-2H3,(H,18,19,20);1H. The van der Waals surface area contributed by atoms with E-state index in [1.54, 1.807) is 19.3 Å². The molecular weight excluding hydrogens is 348 g/mol. The highest BCUT2D eigenvalue weighted by Crippen LogP contribution is 2.25. The number of rotatable bonds is 5. The van der Waals surface area contributed by atoms with Gasteiger partial charge in [0, 0.05) is 12.4 Å². The summed E-state index contributed by atoms with van der Waals surface area (Å²) in [6, 6.07) is 5.68. The van der Waals surface area contributed by atoms with Crippen molar-refractivity contribution in [1.29, 1.82) is 0 Å². The van der Waals surface area contributed by atoms with Crippen molar-refractivity contribution >= 4 is 45.9 Å². The molecule has 3 rings (SSSR count). The van der Waals surface area contributed by atoms with E-state index in [-0.39, 0.29) is 18.4 Å². The van der Waals surface area contributed by atoms with E-state index in [2.05, 4.69) is 20.3 Å². The molecule has 0 radical (unpaired) electrons. The summed E-state index contributed by atoms with van der Waals surface area (Å²) in [5, 5.41) is 5.10. The Morgan fingerprint density at radius 2 is 2.21 bits per heavy atom. The zero-order chi connectivity index (χ0) is 16.2. The molecule has 0 bridgehead atoms. The molecule has 0 aromatic carbocycles. The van der Waals surface area contributed by atoms with E-state index in [0.29, 0.717) is 18.2 Å². The van der Waals surface area contributed by atoms with Gasteiger partial charge in [0.2, 0.25) is 5.95 Å². The van der Waals surface area contributed by atoms with Crippen LogP contribution in [0.15, 0.2) is 36.0 Å². The second kappa shape index (κ2) is 8.03. The number of aromatic nitrogens is 3. The molecule has 0 saturated carbocycles. The first-order valence-corrected chi connectivity index (χ1v) is 8.16. The number of esters is 1. The Labute approximate surface area is 149 Å². The topological polar surface area (TPSA) is 77.0 Å². The highest BCUT2D eigenvalue weighted by molar-refractivity contribution is 7.17. The Morgan fingerprint density at radius 1 is 1.38 bits per heavy atom. The van der Waals surface area contributed by atoms with Crippen molar-refractivity contribution in [2.24, 2.45) is 0 Å². The summed E-state index contributed by atoms with van der Waals surface area (Å²) < 4.78 is 5.83. The Bertz CT molecular complexity index is 825. The summed E-state index contributed by atoms with van der Waals surface area (Å²) in [6.07, 6.45) is 3.51. The van der Waals surface area contributed by atoms with Crippen molar-refractivity contribution in [3.05, 3.63) is 47.2 Å². The largest absolute Gasteiger partial charge is 0.461 e. The molecule has 0 aliphatic carbocycles. The fourth-order valence-electron chi connectivity index (χ4n) is 2.17. The van der Waals surface area contributed by atoms with Crippen molar-refractivity contribution < 1.29 is 9.53 Å². The number of nitrogens with one attached hydrogen (secondary N) is 1. The van der Waals surface area contributed by atoms with Crippen LogP contribution in [0.4, 0.5) is 5.95 Å². The summed E-state index contributed by atoms with van der Waals surface area (Å²) in [7, 11) is 0. The molecule has 3 heterocycles. The second-order valence-electron chi connectivity index (χ2n) is 4.90. The van der Waals surface area contributed by atoms with Gasteiger partial charge in [-0.2, -0.15) is 0 Å². The predicted octanol–water partition coefficient (Wildman–Crippen LogP) is 3.86. The Hall–Kier alpha value is -2.25. The lowest BCUT2D eigenvalue weighted by molar-refractivity contribution is 0.0522. The molecule has 0 saturated heterocycles.